The van der Waals surface area contributed by atoms with Crippen molar-refractivity contribution in [1.29, 1.82) is 0 Å². The molecule has 1 atom stereocenters. The van der Waals surface area contributed by atoms with E-state index in [1.807, 2.05) is 13.1 Å². The van der Waals surface area contributed by atoms with Gasteiger partial charge in [-0.25, -0.2) is 4.98 Å². The first kappa shape index (κ1) is 10.9. The van der Waals surface area contributed by atoms with Gasteiger partial charge in [0.25, 0.3) is 0 Å². The Hall–Kier alpha value is -0.610. The molecule has 1 unspecified atom stereocenters. The van der Waals surface area contributed by atoms with E-state index < -0.39 is 0 Å². The minimum absolute atomic E-state index is 0.0990. The maximum atomic E-state index is 5.85. The molecule has 0 amide bonds. The second-order valence-corrected chi connectivity index (χ2v) is 5.94. The van der Waals surface area contributed by atoms with Crippen molar-refractivity contribution in [2.45, 2.75) is 45.2 Å². The van der Waals surface area contributed by atoms with Crippen LogP contribution in [0.15, 0.2) is 6.20 Å². The predicted octanol–water partition coefficient (Wildman–Crippen LogP) is 2.54. The number of anilines is 1. The maximum Gasteiger partial charge on any atom is 0.186 e. The number of nitrogens with zero attached hydrogens (tertiary/aromatic N) is 2. The lowest BCUT2D eigenvalue weighted by atomic mass is 10.0. The van der Waals surface area contributed by atoms with Crippen molar-refractivity contribution in [3.63, 3.8) is 0 Å². The van der Waals surface area contributed by atoms with Crippen LogP contribution in [0.3, 0.4) is 0 Å². The highest BCUT2D eigenvalue weighted by Crippen LogP contribution is 2.36. The van der Waals surface area contributed by atoms with Crippen LogP contribution in [0.1, 0.15) is 44.5 Å². The quantitative estimate of drug-likeness (QED) is 0.841. The predicted molar refractivity (Wildman–Crippen MR) is 65.4 cm³/mol. The average Bonchev–Trinajstić information content (AvgIpc) is 2.69. The number of nitrogens with two attached hydrogens (primary N) is 1. The molecule has 4 heteroatoms. The van der Waals surface area contributed by atoms with E-state index >= 15 is 0 Å². The highest BCUT2D eigenvalue weighted by molar-refractivity contribution is 7.15. The van der Waals surface area contributed by atoms with Crippen molar-refractivity contribution in [2.75, 3.05) is 11.4 Å². The Morgan fingerprint density at radius 3 is 2.80 bits per heavy atom. The lowest BCUT2D eigenvalue weighted by molar-refractivity contribution is 0.517. The first-order chi connectivity index (χ1) is 7.00. The van der Waals surface area contributed by atoms with Crippen LogP contribution in [-0.2, 0) is 0 Å². The van der Waals surface area contributed by atoms with Gasteiger partial charge < -0.3 is 10.6 Å². The van der Waals surface area contributed by atoms with Crippen LogP contribution in [-0.4, -0.2) is 17.1 Å². The second kappa shape index (κ2) is 3.76. The Balaban J connectivity index is 2.22. The van der Waals surface area contributed by atoms with Gasteiger partial charge >= 0.3 is 0 Å². The summed E-state index contributed by atoms with van der Waals surface area (Å²) in [5.41, 5.74) is 6.10. The summed E-state index contributed by atoms with van der Waals surface area (Å²) in [6, 6.07) is 0.0990. The van der Waals surface area contributed by atoms with Crippen molar-refractivity contribution in [3.8, 4) is 0 Å². The summed E-state index contributed by atoms with van der Waals surface area (Å²) in [4.78, 5) is 8.06. The van der Waals surface area contributed by atoms with Crippen LogP contribution in [0.2, 0.25) is 0 Å². The lowest BCUT2D eigenvalue weighted by Gasteiger charge is -2.31. The molecule has 0 aliphatic carbocycles. The number of rotatable bonds is 2. The molecule has 1 saturated heterocycles. The first-order valence-electron chi connectivity index (χ1n) is 5.50. The highest BCUT2D eigenvalue weighted by atomic mass is 32.1. The van der Waals surface area contributed by atoms with E-state index in [0.717, 1.165) is 11.7 Å². The Morgan fingerprint density at radius 1 is 1.60 bits per heavy atom. The molecule has 2 rings (SSSR count). The molecular weight excluding hydrogens is 206 g/mol. The summed E-state index contributed by atoms with van der Waals surface area (Å²) in [6.07, 6.45) is 4.43. The molecule has 0 radical (unpaired) electrons. The third-order valence-corrected chi connectivity index (χ3v) is 4.31. The monoisotopic (exact) mass is 225 g/mol. The molecule has 3 nitrogen and oxygen atoms in total. The number of aromatic nitrogens is 1. The van der Waals surface area contributed by atoms with Crippen LogP contribution in [0, 0.1) is 0 Å². The minimum Gasteiger partial charge on any atom is -0.343 e. The van der Waals surface area contributed by atoms with Gasteiger partial charge in [0.2, 0.25) is 0 Å². The molecule has 1 fully saturated rings. The Kier molecular flexibility index (Phi) is 2.73. The smallest absolute Gasteiger partial charge is 0.186 e. The van der Waals surface area contributed by atoms with Crippen molar-refractivity contribution in [3.05, 3.63) is 11.1 Å². The Morgan fingerprint density at radius 2 is 2.33 bits per heavy atom. The molecule has 1 aliphatic heterocycles. The van der Waals surface area contributed by atoms with Crippen molar-refractivity contribution in [2.24, 2.45) is 5.73 Å². The second-order valence-electron chi connectivity index (χ2n) is 4.90. The fraction of sp³-hybridized carbons (Fsp3) is 0.727. The van der Waals surface area contributed by atoms with E-state index in [0.29, 0.717) is 0 Å². The van der Waals surface area contributed by atoms with E-state index in [1.165, 1.54) is 17.7 Å². The van der Waals surface area contributed by atoms with Crippen molar-refractivity contribution >= 4 is 16.5 Å². The van der Waals surface area contributed by atoms with Gasteiger partial charge in [0.15, 0.2) is 5.13 Å². The lowest BCUT2D eigenvalue weighted by Crippen LogP contribution is -2.37. The summed E-state index contributed by atoms with van der Waals surface area (Å²) in [7, 11) is 0. The van der Waals surface area contributed by atoms with E-state index in [1.54, 1.807) is 11.3 Å². The molecule has 0 saturated carbocycles. The average molecular weight is 225 g/mol. The van der Waals surface area contributed by atoms with Gasteiger partial charge in [-0.05, 0) is 33.6 Å². The Labute approximate surface area is 95.3 Å². The molecule has 84 valence electrons. The van der Waals surface area contributed by atoms with Crippen LogP contribution in [0.4, 0.5) is 5.13 Å². The molecular formula is C11H19N3S. The largest absolute Gasteiger partial charge is 0.343 e. The zero-order chi connectivity index (χ0) is 11.1. The van der Waals surface area contributed by atoms with Crippen molar-refractivity contribution in [1.82, 2.24) is 4.98 Å². The number of hydrogen-bond acceptors (Lipinski definition) is 4. The van der Waals surface area contributed by atoms with Gasteiger partial charge in [-0.2, -0.15) is 0 Å². The van der Waals surface area contributed by atoms with Gasteiger partial charge in [-0.1, -0.05) is 0 Å². The topological polar surface area (TPSA) is 42.1 Å². The van der Waals surface area contributed by atoms with E-state index in [2.05, 4.69) is 23.7 Å². The van der Waals surface area contributed by atoms with Gasteiger partial charge in [0.1, 0.15) is 0 Å². The van der Waals surface area contributed by atoms with E-state index in [-0.39, 0.29) is 11.6 Å². The molecule has 2 N–H and O–H groups in total. The standard InChI is InChI=1S/C11H19N3S/c1-8(12)9-7-13-10(15-9)14-6-4-5-11(14,2)3/h7-8H,4-6,12H2,1-3H3. The van der Waals surface area contributed by atoms with Gasteiger partial charge in [0.05, 0.1) is 0 Å². The third kappa shape index (κ3) is 2.01. The minimum atomic E-state index is 0.0990. The fourth-order valence-corrected chi connectivity index (χ4v) is 3.13. The van der Waals surface area contributed by atoms with Crippen LogP contribution >= 0.6 is 11.3 Å². The zero-order valence-corrected chi connectivity index (χ0v) is 10.5. The maximum absolute atomic E-state index is 5.85. The molecule has 15 heavy (non-hydrogen) atoms. The summed E-state index contributed by atoms with van der Waals surface area (Å²) < 4.78 is 0. The molecule has 1 aromatic rings. The van der Waals surface area contributed by atoms with E-state index in [4.69, 9.17) is 5.73 Å². The summed E-state index contributed by atoms with van der Waals surface area (Å²) in [5.74, 6) is 0. The molecule has 0 spiro atoms. The molecule has 1 aromatic heterocycles. The van der Waals surface area contributed by atoms with Crippen LogP contribution < -0.4 is 10.6 Å². The zero-order valence-electron chi connectivity index (χ0n) is 9.66. The Bertz CT molecular complexity index is 343. The number of thiazole rings is 1. The third-order valence-electron chi connectivity index (χ3n) is 3.09. The van der Waals surface area contributed by atoms with Crippen molar-refractivity contribution < 1.29 is 0 Å². The molecule has 0 aromatic carbocycles. The number of hydrogen-bond donors (Lipinski definition) is 1. The van der Waals surface area contributed by atoms with Crippen LogP contribution in [0.5, 0.6) is 0 Å². The van der Waals surface area contributed by atoms with Gasteiger partial charge in [-0.3, -0.25) is 0 Å². The molecule has 2 heterocycles. The normalized spacial score (nSPS) is 22.0. The molecule has 1 aliphatic rings. The SMILES string of the molecule is CC(N)c1cnc(N2CCCC2(C)C)s1. The highest BCUT2D eigenvalue weighted by Gasteiger charge is 2.33. The van der Waals surface area contributed by atoms with Gasteiger partial charge in [0, 0.05) is 29.2 Å². The molecule has 0 bridgehead atoms. The fourth-order valence-electron chi connectivity index (χ4n) is 2.07. The summed E-state index contributed by atoms with van der Waals surface area (Å²) in [6.45, 7) is 7.70. The summed E-state index contributed by atoms with van der Waals surface area (Å²) >= 11 is 1.73. The summed E-state index contributed by atoms with van der Waals surface area (Å²) in [5, 5.41) is 1.13. The van der Waals surface area contributed by atoms with Crippen LogP contribution in [0.25, 0.3) is 0 Å². The van der Waals surface area contributed by atoms with Gasteiger partial charge in [-0.15, -0.1) is 11.3 Å². The van der Waals surface area contributed by atoms with E-state index in [9.17, 15) is 0 Å². The first-order valence-corrected chi connectivity index (χ1v) is 6.31.